The van der Waals surface area contributed by atoms with E-state index in [1.165, 1.54) is 37.7 Å². The van der Waals surface area contributed by atoms with Crippen molar-refractivity contribution in [3.8, 4) is 5.75 Å². The molecule has 3 heteroatoms. The van der Waals surface area contributed by atoms with Crippen LogP contribution in [0.4, 0.5) is 0 Å². The average molecular weight is 267 g/mol. The van der Waals surface area contributed by atoms with Gasteiger partial charge in [-0.2, -0.15) is 0 Å². The molecule has 0 heterocycles. The number of aldehydes is 1. The third-order valence-electron chi connectivity index (χ3n) is 3.51. The molecule has 2 nitrogen and oxygen atoms in total. The maximum atomic E-state index is 10.3. The van der Waals surface area contributed by atoms with E-state index in [4.69, 9.17) is 16.3 Å². The van der Waals surface area contributed by atoms with Crippen LogP contribution in [0, 0.1) is 0 Å². The third kappa shape index (κ3) is 3.49. The van der Waals surface area contributed by atoms with Gasteiger partial charge >= 0.3 is 0 Å². The van der Waals surface area contributed by atoms with Gasteiger partial charge in [-0.3, -0.25) is 0 Å². The van der Waals surface area contributed by atoms with E-state index in [-0.39, 0.29) is 0 Å². The van der Waals surface area contributed by atoms with Crippen molar-refractivity contribution >= 4 is 17.9 Å². The lowest BCUT2D eigenvalue weighted by atomic mass is 9.84. The molecule has 0 amide bonds. The second kappa shape index (κ2) is 6.79. The number of rotatable bonds is 5. The highest BCUT2D eigenvalue weighted by Gasteiger charge is 2.19. The zero-order chi connectivity index (χ0) is 12.8. The van der Waals surface area contributed by atoms with Gasteiger partial charge in [-0.15, -0.1) is 0 Å². The van der Waals surface area contributed by atoms with E-state index in [1.54, 1.807) is 0 Å². The highest BCUT2D eigenvalue weighted by Crippen LogP contribution is 2.38. The van der Waals surface area contributed by atoms with Crippen molar-refractivity contribution in [2.24, 2.45) is 0 Å². The first-order valence-corrected chi connectivity index (χ1v) is 7.05. The van der Waals surface area contributed by atoms with Crippen molar-refractivity contribution in [3.05, 3.63) is 28.8 Å². The summed E-state index contributed by atoms with van der Waals surface area (Å²) in [6, 6.07) is 5.80. The average Bonchev–Trinajstić information content (AvgIpc) is 2.41. The molecule has 1 aliphatic carbocycles. The standard InChI is InChI=1S/C15H19ClO2/c16-13-7-8-15(18-10-4-9-17)14(11-13)12-5-2-1-3-6-12/h7-9,11-12H,1-6,10H2. The van der Waals surface area contributed by atoms with E-state index in [0.717, 1.165) is 17.1 Å². The minimum absolute atomic E-state index is 0.437. The molecule has 0 aliphatic heterocycles. The molecule has 1 aromatic carbocycles. The van der Waals surface area contributed by atoms with Crippen LogP contribution in [0.1, 0.15) is 50.0 Å². The monoisotopic (exact) mass is 266 g/mol. The molecule has 18 heavy (non-hydrogen) atoms. The van der Waals surface area contributed by atoms with E-state index in [0.29, 0.717) is 18.9 Å². The molecule has 2 rings (SSSR count). The first-order valence-electron chi connectivity index (χ1n) is 6.67. The summed E-state index contributed by atoms with van der Waals surface area (Å²) >= 11 is 6.09. The van der Waals surface area contributed by atoms with E-state index < -0.39 is 0 Å². The Morgan fingerprint density at radius 2 is 2.06 bits per heavy atom. The van der Waals surface area contributed by atoms with Crippen molar-refractivity contribution in [2.75, 3.05) is 6.61 Å². The predicted molar refractivity (Wildman–Crippen MR) is 73.5 cm³/mol. The van der Waals surface area contributed by atoms with Gasteiger partial charge in [0.2, 0.25) is 0 Å². The normalized spacial score (nSPS) is 16.5. The van der Waals surface area contributed by atoms with Crippen LogP contribution >= 0.6 is 11.6 Å². The van der Waals surface area contributed by atoms with Crippen molar-refractivity contribution in [2.45, 2.75) is 44.4 Å². The van der Waals surface area contributed by atoms with Gasteiger partial charge in [0.25, 0.3) is 0 Å². The predicted octanol–water partition coefficient (Wildman–Crippen LogP) is 4.36. The lowest BCUT2D eigenvalue weighted by molar-refractivity contribution is -0.108. The van der Waals surface area contributed by atoms with Gasteiger partial charge in [0.15, 0.2) is 0 Å². The van der Waals surface area contributed by atoms with Gasteiger partial charge in [-0.1, -0.05) is 30.9 Å². The van der Waals surface area contributed by atoms with Crippen molar-refractivity contribution in [1.82, 2.24) is 0 Å². The molecular weight excluding hydrogens is 248 g/mol. The minimum atomic E-state index is 0.437. The van der Waals surface area contributed by atoms with Crippen molar-refractivity contribution in [1.29, 1.82) is 0 Å². The van der Waals surface area contributed by atoms with Crippen LogP contribution in [0.5, 0.6) is 5.75 Å². The molecule has 98 valence electrons. The molecule has 1 aliphatic rings. The van der Waals surface area contributed by atoms with Crippen LogP contribution in [0.25, 0.3) is 0 Å². The summed E-state index contributed by atoms with van der Waals surface area (Å²) in [5.41, 5.74) is 1.22. The highest BCUT2D eigenvalue weighted by molar-refractivity contribution is 6.30. The Labute approximate surface area is 113 Å². The second-order valence-corrected chi connectivity index (χ2v) is 5.26. The topological polar surface area (TPSA) is 26.3 Å². The van der Waals surface area contributed by atoms with Gasteiger partial charge < -0.3 is 9.53 Å². The van der Waals surface area contributed by atoms with Crippen molar-refractivity contribution < 1.29 is 9.53 Å². The van der Waals surface area contributed by atoms with E-state index in [9.17, 15) is 4.79 Å². The van der Waals surface area contributed by atoms with E-state index in [1.807, 2.05) is 18.2 Å². The van der Waals surface area contributed by atoms with Gasteiger partial charge in [0.05, 0.1) is 6.61 Å². The second-order valence-electron chi connectivity index (χ2n) is 4.82. The van der Waals surface area contributed by atoms with Crippen LogP contribution in [-0.4, -0.2) is 12.9 Å². The van der Waals surface area contributed by atoms with Crippen molar-refractivity contribution in [3.63, 3.8) is 0 Å². The molecule has 1 fully saturated rings. The van der Waals surface area contributed by atoms with E-state index in [2.05, 4.69) is 0 Å². The van der Waals surface area contributed by atoms with Crippen LogP contribution in [0.15, 0.2) is 18.2 Å². The number of halogens is 1. The number of carbonyl (C=O) groups is 1. The lowest BCUT2D eigenvalue weighted by Gasteiger charge is -2.24. The molecule has 0 unspecified atom stereocenters. The van der Waals surface area contributed by atoms with Crippen LogP contribution in [0.3, 0.4) is 0 Å². The first-order chi connectivity index (χ1) is 8.81. The smallest absolute Gasteiger partial charge is 0.123 e. The molecule has 0 saturated heterocycles. The third-order valence-corrected chi connectivity index (χ3v) is 3.75. The summed E-state index contributed by atoms with van der Waals surface area (Å²) in [5, 5.41) is 0.762. The highest BCUT2D eigenvalue weighted by atomic mass is 35.5. The Hall–Kier alpha value is -1.02. The quantitative estimate of drug-likeness (QED) is 0.585. The molecule has 0 N–H and O–H groups in total. The van der Waals surface area contributed by atoms with Gasteiger partial charge in [-0.25, -0.2) is 0 Å². The number of hydrogen-bond acceptors (Lipinski definition) is 2. The minimum Gasteiger partial charge on any atom is -0.493 e. The fourth-order valence-electron chi connectivity index (χ4n) is 2.60. The number of carbonyl (C=O) groups excluding carboxylic acids is 1. The van der Waals surface area contributed by atoms with E-state index >= 15 is 0 Å². The number of hydrogen-bond donors (Lipinski definition) is 0. The molecule has 0 aromatic heterocycles. The Morgan fingerprint density at radius 3 is 2.78 bits per heavy atom. The van der Waals surface area contributed by atoms with Crippen LogP contribution < -0.4 is 4.74 Å². The van der Waals surface area contributed by atoms with Gasteiger partial charge in [0, 0.05) is 11.4 Å². The molecule has 1 aromatic rings. The zero-order valence-electron chi connectivity index (χ0n) is 10.5. The lowest BCUT2D eigenvalue weighted by Crippen LogP contribution is -2.08. The first kappa shape index (κ1) is 13.4. The van der Waals surface area contributed by atoms with Gasteiger partial charge in [-0.05, 0) is 42.5 Å². The zero-order valence-corrected chi connectivity index (χ0v) is 11.3. The van der Waals surface area contributed by atoms with Gasteiger partial charge in [0.1, 0.15) is 12.0 Å². The Kier molecular flexibility index (Phi) is 5.06. The molecule has 0 atom stereocenters. The summed E-state index contributed by atoms with van der Waals surface area (Å²) < 4.78 is 5.70. The fraction of sp³-hybridized carbons (Fsp3) is 0.533. The maximum Gasteiger partial charge on any atom is 0.123 e. The molecule has 0 radical (unpaired) electrons. The largest absolute Gasteiger partial charge is 0.493 e. The summed E-state index contributed by atoms with van der Waals surface area (Å²) in [7, 11) is 0. The SMILES string of the molecule is O=CCCOc1ccc(Cl)cc1C1CCCCC1. The summed E-state index contributed by atoms with van der Waals surface area (Å²) in [5.74, 6) is 1.46. The summed E-state index contributed by atoms with van der Waals surface area (Å²) in [6.45, 7) is 0.449. The summed E-state index contributed by atoms with van der Waals surface area (Å²) in [4.78, 5) is 10.3. The Balaban J connectivity index is 2.13. The number of ether oxygens (including phenoxy) is 1. The van der Waals surface area contributed by atoms with Crippen LogP contribution in [0.2, 0.25) is 5.02 Å². The summed E-state index contributed by atoms with van der Waals surface area (Å²) in [6.07, 6.45) is 7.64. The molecule has 0 spiro atoms. The maximum absolute atomic E-state index is 10.3. The Bertz CT molecular complexity index is 397. The molecule has 0 bridgehead atoms. The Morgan fingerprint density at radius 1 is 1.28 bits per heavy atom. The fourth-order valence-corrected chi connectivity index (χ4v) is 2.78. The molecular formula is C15H19ClO2. The number of benzene rings is 1. The van der Waals surface area contributed by atoms with Crippen LogP contribution in [-0.2, 0) is 4.79 Å². The molecule has 1 saturated carbocycles.